The van der Waals surface area contributed by atoms with Gasteiger partial charge in [-0.15, -0.1) is 0 Å². The van der Waals surface area contributed by atoms with E-state index in [4.69, 9.17) is 0 Å². The van der Waals surface area contributed by atoms with Gasteiger partial charge in [0.25, 0.3) is 0 Å². The number of anilines is 1. The van der Waals surface area contributed by atoms with Crippen molar-refractivity contribution in [1.82, 2.24) is 9.78 Å². The molecule has 3 rings (SSSR count). The lowest BCUT2D eigenvalue weighted by Gasteiger charge is -2.12. The van der Waals surface area contributed by atoms with Crippen LogP contribution in [0.4, 0.5) is 19.0 Å². The molecule has 1 heterocycles. The monoisotopic (exact) mass is 317 g/mol. The lowest BCUT2D eigenvalue weighted by Crippen LogP contribution is -2.11. The molecule has 0 unspecified atom stereocenters. The summed E-state index contributed by atoms with van der Waals surface area (Å²) in [7, 11) is 0. The fraction of sp³-hybridized carbons (Fsp3) is 0.118. The molecule has 0 fully saturated rings. The zero-order valence-electron chi connectivity index (χ0n) is 12.1. The average molecular weight is 317 g/mol. The van der Waals surface area contributed by atoms with Crippen LogP contribution in [0.2, 0.25) is 0 Å². The van der Waals surface area contributed by atoms with Crippen molar-refractivity contribution in [3.05, 3.63) is 78.0 Å². The first-order chi connectivity index (χ1) is 11.0. The normalized spacial score (nSPS) is 11.4. The average Bonchev–Trinajstić information content (AvgIpc) is 3.02. The Morgan fingerprint density at radius 3 is 2.35 bits per heavy atom. The van der Waals surface area contributed by atoms with Gasteiger partial charge in [-0.05, 0) is 23.8 Å². The Bertz CT molecular complexity index is 779. The summed E-state index contributed by atoms with van der Waals surface area (Å²) in [6.07, 6.45) is -2.60. The van der Waals surface area contributed by atoms with Crippen molar-refractivity contribution in [2.24, 2.45) is 0 Å². The maximum atomic E-state index is 13.0. The summed E-state index contributed by atoms with van der Waals surface area (Å²) >= 11 is 0. The van der Waals surface area contributed by atoms with Crippen LogP contribution >= 0.6 is 0 Å². The Hall–Kier alpha value is -2.76. The first-order valence-electron chi connectivity index (χ1n) is 7.04. The van der Waals surface area contributed by atoms with Crippen molar-refractivity contribution in [3.63, 3.8) is 0 Å². The zero-order valence-corrected chi connectivity index (χ0v) is 12.1. The van der Waals surface area contributed by atoms with E-state index in [0.717, 1.165) is 11.8 Å². The van der Waals surface area contributed by atoms with E-state index >= 15 is 0 Å². The minimum Gasteiger partial charge on any atom is -0.364 e. The number of hydrogen-bond acceptors (Lipinski definition) is 2. The Kier molecular flexibility index (Phi) is 4.06. The maximum Gasteiger partial charge on any atom is 0.416 e. The van der Waals surface area contributed by atoms with E-state index in [1.807, 2.05) is 30.3 Å². The molecule has 2 aromatic carbocycles. The van der Waals surface area contributed by atoms with E-state index in [-0.39, 0.29) is 12.1 Å². The molecule has 0 radical (unpaired) electrons. The van der Waals surface area contributed by atoms with E-state index in [1.54, 1.807) is 23.0 Å². The Morgan fingerprint density at radius 1 is 0.913 bits per heavy atom. The van der Waals surface area contributed by atoms with Gasteiger partial charge in [0.05, 0.1) is 11.3 Å². The molecule has 6 heteroatoms. The molecule has 3 nitrogen and oxygen atoms in total. The Balaban J connectivity index is 1.74. The van der Waals surface area contributed by atoms with Gasteiger partial charge in [-0.2, -0.15) is 18.3 Å². The Morgan fingerprint density at radius 2 is 1.61 bits per heavy atom. The van der Waals surface area contributed by atoms with Crippen LogP contribution in [0.1, 0.15) is 11.1 Å². The number of rotatable bonds is 4. The van der Waals surface area contributed by atoms with E-state index < -0.39 is 11.7 Å². The van der Waals surface area contributed by atoms with Gasteiger partial charge in [0.2, 0.25) is 0 Å². The van der Waals surface area contributed by atoms with Crippen LogP contribution in [0.3, 0.4) is 0 Å². The smallest absolute Gasteiger partial charge is 0.364 e. The van der Waals surface area contributed by atoms with Gasteiger partial charge in [-0.1, -0.05) is 36.4 Å². The molecule has 0 bridgehead atoms. The van der Waals surface area contributed by atoms with Crippen LogP contribution in [0.15, 0.2) is 66.9 Å². The van der Waals surface area contributed by atoms with Gasteiger partial charge in [-0.3, -0.25) is 0 Å². The first kappa shape index (κ1) is 15.1. The highest BCUT2D eigenvalue weighted by atomic mass is 19.4. The number of nitrogens with one attached hydrogen (secondary N) is 1. The molecule has 3 aromatic rings. The number of aromatic nitrogens is 2. The number of nitrogens with zero attached hydrogens (tertiary/aromatic N) is 2. The van der Waals surface area contributed by atoms with Crippen molar-refractivity contribution in [2.45, 2.75) is 12.7 Å². The summed E-state index contributed by atoms with van der Waals surface area (Å²) in [6.45, 7) is 0.0570. The molecule has 0 atom stereocenters. The van der Waals surface area contributed by atoms with Gasteiger partial charge in [0.1, 0.15) is 5.82 Å². The summed E-state index contributed by atoms with van der Waals surface area (Å²) in [5.41, 5.74) is 0.445. The quantitative estimate of drug-likeness (QED) is 0.767. The van der Waals surface area contributed by atoms with E-state index in [0.29, 0.717) is 5.82 Å². The second kappa shape index (κ2) is 6.16. The highest BCUT2D eigenvalue weighted by Gasteiger charge is 2.32. The van der Waals surface area contributed by atoms with E-state index in [1.165, 1.54) is 12.1 Å². The van der Waals surface area contributed by atoms with Gasteiger partial charge in [0, 0.05) is 18.8 Å². The summed E-state index contributed by atoms with van der Waals surface area (Å²) in [5, 5.41) is 7.24. The SMILES string of the molecule is FC(F)(F)c1ccccc1CNc1ccn(-c2ccccc2)n1. The third-order valence-electron chi connectivity index (χ3n) is 3.39. The molecule has 0 aliphatic heterocycles. The van der Waals surface area contributed by atoms with Crippen LogP contribution in [-0.2, 0) is 12.7 Å². The number of para-hydroxylation sites is 1. The van der Waals surface area contributed by atoms with Crippen LogP contribution < -0.4 is 5.32 Å². The topological polar surface area (TPSA) is 29.9 Å². The van der Waals surface area contributed by atoms with Crippen LogP contribution in [0.5, 0.6) is 0 Å². The first-order valence-corrected chi connectivity index (χ1v) is 7.04. The second-order valence-electron chi connectivity index (χ2n) is 4.99. The molecule has 0 amide bonds. The number of hydrogen-bond donors (Lipinski definition) is 1. The van der Waals surface area contributed by atoms with Gasteiger partial charge in [0.15, 0.2) is 0 Å². The largest absolute Gasteiger partial charge is 0.416 e. The fourth-order valence-corrected chi connectivity index (χ4v) is 2.28. The van der Waals surface area contributed by atoms with Gasteiger partial charge >= 0.3 is 6.18 Å². The lowest BCUT2D eigenvalue weighted by molar-refractivity contribution is -0.138. The summed E-state index contributed by atoms with van der Waals surface area (Å²) < 4.78 is 40.5. The van der Waals surface area contributed by atoms with Gasteiger partial charge in [-0.25, -0.2) is 4.68 Å². The minimum atomic E-state index is -4.36. The third-order valence-corrected chi connectivity index (χ3v) is 3.39. The summed E-state index contributed by atoms with van der Waals surface area (Å²) in [6, 6.07) is 16.7. The molecule has 23 heavy (non-hydrogen) atoms. The van der Waals surface area contributed by atoms with Crippen LogP contribution in [-0.4, -0.2) is 9.78 Å². The molecule has 1 aromatic heterocycles. The van der Waals surface area contributed by atoms with Crippen molar-refractivity contribution < 1.29 is 13.2 Å². The Labute approximate surface area is 131 Å². The molecule has 0 saturated carbocycles. The van der Waals surface area contributed by atoms with Crippen molar-refractivity contribution in [1.29, 1.82) is 0 Å². The molecule has 0 spiro atoms. The number of halogens is 3. The number of benzene rings is 2. The molecule has 0 aliphatic rings. The standard InChI is InChI=1S/C17H14F3N3/c18-17(19,20)15-9-5-4-6-13(15)12-21-16-10-11-23(22-16)14-7-2-1-3-8-14/h1-11H,12H2,(H,21,22). The minimum absolute atomic E-state index is 0.0570. The fourth-order valence-electron chi connectivity index (χ4n) is 2.28. The van der Waals surface area contributed by atoms with Crippen LogP contribution in [0, 0.1) is 0 Å². The lowest BCUT2D eigenvalue weighted by atomic mass is 10.1. The predicted molar refractivity (Wildman–Crippen MR) is 82.3 cm³/mol. The highest BCUT2D eigenvalue weighted by Crippen LogP contribution is 2.32. The van der Waals surface area contributed by atoms with Gasteiger partial charge < -0.3 is 5.32 Å². The molecule has 0 aliphatic carbocycles. The van der Waals surface area contributed by atoms with Crippen molar-refractivity contribution >= 4 is 5.82 Å². The molecular formula is C17H14F3N3. The third kappa shape index (κ3) is 3.53. The summed E-state index contributed by atoms with van der Waals surface area (Å²) in [5.74, 6) is 0.519. The van der Waals surface area contributed by atoms with Crippen molar-refractivity contribution in [2.75, 3.05) is 5.32 Å². The maximum absolute atomic E-state index is 13.0. The molecular weight excluding hydrogens is 303 g/mol. The zero-order chi connectivity index (χ0) is 16.3. The molecule has 1 N–H and O–H groups in total. The van der Waals surface area contributed by atoms with E-state index in [2.05, 4.69) is 10.4 Å². The molecule has 0 saturated heterocycles. The summed E-state index contributed by atoms with van der Waals surface area (Å²) in [4.78, 5) is 0. The van der Waals surface area contributed by atoms with Crippen LogP contribution in [0.25, 0.3) is 5.69 Å². The predicted octanol–water partition coefficient (Wildman–Crippen LogP) is 4.50. The second-order valence-corrected chi connectivity index (χ2v) is 4.99. The number of alkyl halides is 3. The van der Waals surface area contributed by atoms with E-state index in [9.17, 15) is 13.2 Å². The van der Waals surface area contributed by atoms with Crippen molar-refractivity contribution in [3.8, 4) is 5.69 Å². The highest BCUT2D eigenvalue weighted by molar-refractivity contribution is 5.40. The molecule has 118 valence electrons.